The number of thiazole rings is 1. The summed E-state index contributed by atoms with van der Waals surface area (Å²) in [5.41, 5.74) is 3.64. The Kier molecular flexibility index (Phi) is 6.94. The van der Waals surface area contributed by atoms with Crippen LogP contribution in [0.1, 0.15) is 33.5 Å². The highest BCUT2D eigenvalue weighted by Crippen LogP contribution is 2.21. The summed E-state index contributed by atoms with van der Waals surface area (Å²) in [6, 6.07) is 15.9. The van der Waals surface area contributed by atoms with E-state index in [4.69, 9.17) is 9.94 Å². The zero-order valence-electron chi connectivity index (χ0n) is 15.8. The molecule has 150 valence electrons. The minimum atomic E-state index is -0.589. The molecule has 7 nitrogen and oxygen atoms in total. The number of carbonyl (C=O) groups is 2. The lowest BCUT2D eigenvalue weighted by Gasteiger charge is -2.17. The van der Waals surface area contributed by atoms with Crippen molar-refractivity contribution in [1.82, 2.24) is 15.8 Å². The third kappa shape index (κ3) is 5.40. The Balaban J connectivity index is 1.56. The van der Waals surface area contributed by atoms with Gasteiger partial charge in [0.25, 0.3) is 11.8 Å². The van der Waals surface area contributed by atoms with Crippen molar-refractivity contribution in [3.63, 3.8) is 0 Å². The van der Waals surface area contributed by atoms with E-state index in [0.717, 1.165) is 11.3 Å². The number of hydrogen-bond acceptors (Lipinski definition) is 6. The topological polar surface area (TPSA) is 101 Å². The largest absolute Gasteiger partial charge is 0.491 e. The molecule has 1 atom stereocenters. The van der Waals surface area contributed by atoms with Crippen LogP contribution in [0.15, 0.2) is 60.0 Å². The van der Waals surface area contributed by atoms with Crippen LogP contribution in [0.25, 0.3) is 11.3 Å². The first-order valence-corrected chi connectivity index (χ1v) is 9.97. The van der Waals surface area contributed by atoms with E-state index in [1.54, 1.807) is 29.7 Å². The fourth-order valence-electron chi connectivity index (χ4n) is 2.59. The number of hydrogen-bond donors (Lipinski definition) is 3. The molecule has 2 amide bonds. The van der Waals surface area contributed by atoms with Crippen molar-refractivity contribution >= 4 is 23.2 Å². The summed E-state index contributed by atoms with van der Waals surface area (Å²) >= 11 is 1.30. The van der Waals surface area contributed by atoms with E-state index in [0.29, 0.717) is 22.7 Å². The maximum absolute atomic E-state index is 12.5. The molecule has 0 saturated heterocycles. The normalized spacial score (nSPS) is 11.5. The van der Waals surface area contributed by atoms with Crippen LogP contribution in [0.3, 0.4) is 0 Å². The fourth-order valence-corrected chi connectivity index (χ4v) is 3.32. The van der Waals surface area contributed by atoms with Crippen molar-refractivity contribution in [3.05, 3.63) is 70.5 Å². The minimum absolute atomic E-state index is 0.188. The quantitative estimate of drug-likeness (QED) is 0.389. The van der Waals surface area contributed by atoms with Crippen LogP contribution in [0.2, 0.25) is 0 Å². The number of ether oxygens (including phenoxy) is 1. The smallest absolute Gasteiger partial charge is 0.280 e. The number of nitrogens with zero attached hydrogens (tertiary/aromatic N) is 1. The molecule has 0 fully saturated rings. The maximum Gasteiger partial charge on any atom is 0.280 e. The van der Waals surface area contributed by atoms with Gasteiger partial charge in [0.2, 0.25) is 0 Å². The van der Waals surface area contributed by atoms with Gasteiger partial charge in [-0.15, -0.1) is 11.3 Å². The average Bonchev–Trinajstić information content (AvgIpc) is 3.27. The van der Waals surface area contributed by atoms with Crippen LogP contribution in [0.5, 0.6) is 5.75 Å². The van der Waals surface area contributed by atoms with Crippen molar-refractivity contribution in [3.8, 4) is 17.0 Å². The predicted molar refractivity (Wildman–Crippen MR) is 110 cm³/mol. The Morgan fingerprint density at radius 1 is 1.10 bits per heavy atom. The molecule has 8 heteroatoms. The summed E-state index contributed by atoms with van der Waals surface area (Å²) < 4.78 is 5.71. The molecule has 0 aliphatic carbocycles. The molecule has 0 aliphatic heterocycles. The van der Waals surface area contributed by atoms with Crippen LogP contribution < -0.4 is 15.5 Å². The van der Waals surface area contributed by atoms with E-state index < -0.39 is 5.91 Å². The number of hydroxylamine groups is 1. The summed E-state index contributed by atoms with van der Waals surface area (Å²) in [5, 5.41) is 13.8. The van der Waals surface area contributed by atoms with Gasteiger partial charge in [0.05, 0.1) is 11.7 Å². The van der Waals surface area contributed by atoms with E-state index >= 15 is 0 Å². The Labute approximate surface area is 172 Å². The molecule has 1 heterocycles. The van der Waals surface area contributed by atoms with Gasteiger partial charge in [-0.2, -0.15) is 0 Å². The van der Waals surface area contributed by atoms with E-state index in [9.17, 15) is 9.59 Å². The van der Waals surface area contributed by atoms with E-state index in [-0.39, 0.29) is 18.6 Å². The molecule has 3 N–H and O–H groups in total. The fraction of sp³-hybridized carbons (Fsp3) is 0.190. The number of nitrogens with one attached hydrogen (secondary N) is 2. The maximum atomic E-state index is 12.5. The van der Waals surface area contributed by atoms with E-state index in [1.165, 1.54) is 11.3 Å². The van der Waals surface area contributed by atoms with Crippen molar-refractivity contribution in [2.75, 3.05) is 6.61 Å². The van der Waals surface area contributed by atoms with Gasteiger partial charge in [-0.05, 0) is 30.7 Å². The monoisotopic (exact) mass is 411 g/mol. The van der Waals surface area contributed by atoms with Gasteiger partial charge in [-0.3, -0.25) is 14.8 Å². The SMILES string of the molecule is CC[C@@H](COc1ccc(C(=O)NO)cc1)NC(=O)c1nc(-c2ccccc2)cs1. The van der Waals surface area contributed by atoms with Crippen molar-refractivity contribution in [2.24, 2.45) is 0 Å². The van der Waals surface area contributed by atoms with E-state index in [2.05, 4.69) is 10.3 Å². The summed E-state index contributed by atoms with van der Waals surface area (Å²) in [6.07, 6.45) is 0.688. The Morgan fingerprint density at radius 3 is 2.48 bits per heavy atom. The molecule has 3 rings (SSSR count). The van der Waals surface area contributed by atoms with Crippen LogP contribution in [0, 0.1) is 0 Å². The van der Waals surface area contributed by atoms with Gasteiger partial charge >= 0.3 is 0 Å². The highest BCUT2D eigenvalue weighted by atomic mass is 32.1. The molecule has 0 radical (unpaired) electrons. The Morgan fingerprint density at radius 2 is 1.83 bits per heavy atom. The minimum Gasteiger partial charge on any atom is -0.491 e. The molecule has 1 aromatic heterocycles. The molecule has 2 aromatic carbocycles. The highest BCUT2D eigenvalue weighted by molar-refractivity contribution is 7.12. The third-order valence-electron chi connectivity index (χ3n) is 4.27. The first-order valence-electron chi connectivity index (χ1n) is 9.09. The standard InChI is InChI=1S/C21H21N3O4S/c1-2-16(12-28-17-10-8-15(9-11-17)19(25)24-27)22-20(26)21-23-18(13-29-21)14-6-4-3-5-7-14/h3-11,13,16,27H,2,12H2,1H3,(H,22,26)(H,24,25)/t16-/m0/s1. The molecule has 0 bridgehead atoms. The van der Waals surface area contributed by atoms with Crippen LogP contribution in [-0.4, -0.2) is 34.7 Å². The summed E-state index contributed by atoms with van der Waals surface area (Å²) in [6.45, 7) is 2.24. The number of amides is 2. The summed E-state index contributed by atoms with van der Waals surface area (Å²) in [5.74, 6) is -0.260. The lowest BCUT2D eigenvalue weighted by molar-refractivity contribution is 0.0706. The van der Waals surface area contributed by atoms with Gasteiger partial charge in [-0.1, -0.05) is 37.3 Å². The first kappa shape index (κ1) is 20.5. The number of aromatic nitrogens is 1. The molecular weight excluding hydrogens is 390 g/mol. The lowest BCUT2D eigenvalue weighted by atomic mass is 10.2. The van der Waals surface area contributed by atoms with Crippen LogP contribution in [-0.2, 0) is 0 Å². The second kappa shape index (κ2) is 9.81. The van der Waals surface area contributed by atoms with E-state index in [1.807, 2.05) is 42.6 Å². The van der Waals surface area contributed by atoms with Crippen LogP contribution >= 0.6 is 11.3 Å². The second-order valence-corrected chi connectivity index (χ2v) is 7.12. The molecule has 0 unspecified atom stereocenters. The Bertz CT molecular complexity index is 958. The molecule has 0 aliphatic rings. The Hall–Kier alpha value is -3.23. The zero-order chi connectivity index (χ0) is 20.6. The van der Waals surface area contributed by atoms with Crippen molar-refractivity contribution in [1.29, 1.82) is 0 Å². The number of rotatable bonds is 8. The average molecular weight is 411 g/mol. The third-order valence-corrected chi connectivity index (χ3v) is 5.11. The van der Waals surface area contributed by atoms with Gasteiger partial charge < -0.3 is 10.1 Å². The van der Waals surface area contributed by atoms with Crippen molar-refractivity contribution < 1.29 is 19.5 Å². The van der Waals surface area contributed by atoms with Gasteiger partial charge in [0.1, 0.15) is 12.4 Å². The summed E-state index contributed by atoms with van der Waals surface area (Å²) in [4.78, 5) is 28.3. The lowest BCUT2D eigenvalue weighted by Crippen LogP contribution is -2.38. The number of carbonyl (C=O) groups excluding carboxylic acids is 2. The van der Waals surface area contributed by atoms with Crippen molar-refractivity contribution in [2.45, 2.75) is 19.4 Å². The zero-order valence-corrected chi connectivity index (χ0v) is 16.6. The number of benzene rings is 2. The molecular formula is C21H21N3O4S. The molecule has 29 heavy (non-hydrogen) atoms. The highest BCUT2D eigenvalue weighted by Gasteiger charge is 2.17. The molecule has 3 aromatic rings. The second-order valence-electron chi connectivity index (χ2n) is 6.26. The van der Waals surface area contributed by atoms with Gasteiger partial charge in [-0.25, -0.2) is 10.5 Å². The molecule has 0 saturated carbocycles. The first-order chi connectivity index (χ1) is 14.1. The van der Waals surface area contributed by atoms with Gasteiger partial charge in [0, 0.05) is 16.5 Å². The molecule has 0 spiro atoms. The summed E-state index contributed by atoms with van der Waals surface area (Å²) in [7, 11) is 0. The van der Waals surface area contributed by atoms with Gasteiger partial charge in [0.15, 0.2) is 5.01 Å². The predicted octanol–water partition coefficient (Wildman–Crippen LogP) is 3.52. The van der Waals surface area contributed by atoms with Crippen LogP contribution in [0.4, 0.5) is 0 Å².